The number of hydrogen-bond donors (Lipinski definition) is 1. The van der Waals surface area contributed by atoms with Gasteiger partial charge in [-0.25, -0.2) is 9.97 Å². The van der Waals surface area contributed by atoms with Crippen LogP contribution >= 0.6 is 27.5 Å². The van der Waals surface area contributed by atoms with Crippen LogP contribution in [-0.4, -0.2) is 31.7 Å². The Morgan fingerprint density at radius 3 is 2.59 bits per heavy atom. The van der Waals surface area contributed by atoms with Gasteiger partial charge in [0.1, 0.15) is 16.7 Å². The van der Waals surface area contributed by atoms with Crippen molar-refractivity contribution >= 4 is 61.1 Å². The van der Waals surface area contributed by atoms with Crippen LogP contribution in [0, 0.1) is 0 Å². The van der Waals surface area contributed by atoms with Crippen LogP contribution < -0.4 is 4.90 Å². The summed E-state index contributed by atoms with van der Waals surface area (Å²) in [5.74, 6) is 0.265. The van der Waals surface area contributed by atoms with Gasteiger partial charge in [-0.2, -0.15) is 18.3 Å². The summed E-state index contributed by atoms with van der Waals surface area (Å²) in [7, 11) is 0. The molecule has 34 heavy (non-hydrogen) atoms. The number of H-pyrrole nitrogens is 1. The minimum Gasteiger partial charge on any atom is -0.309 e. The number of halogens is 5. The van der Waals surface area contributed by atoms with E-state index in [1.165, 1.54) is 6.07 Å². The van der Waals surface area contributed by atoms with Crippen LogP contribution in [-0.2, 0) is 6.18 Å². The Bertz CT molecular complexity index is 1530. The highest BCUT2D eigenvalue weighted by atomic mass is 79.9. The number of aromatic nitrogens is 5. The first-order valence-electron chi connectivity index (χ1n) is 10.2. The Kier molecular flexibility index (Phi) is 5.65. The van der Waals surface area contributed by atoms with Gasteiger partial charge in [-0.3, -0.25) is 10.1 Å². The first-order chi connectivity index (χ1) is 16.3. The van der Waals surface area contributed by atoms with Crippen molar-refractivity contribution in [3.63, 3.8) is 0 Å². The predicted octanol–water partition coefficient (Wildman–Crippen LogP) is 7.16. The largest absolute Gasteiger partial charge is 0.416 e. The van der Waals surface area contributed by atoms with Gasteiger partial charge in [-0.15, -0.1) is 0 Å². The van der Waals surface area contributed by atoms with Gasteiger partial charge in [0.15, 0.2) is 4.60 Å². The van der Waals surface area contributed by atoms with Crippen LogP contribution in [0.25, 0.3) is 33.2 Å². The molecule has 6 nitrogen and oxygen atoms in total. The molecule has 0 saturated heterocycles. The molecule has 0 aliphatic heterocycles. The fourth-order valence-corrected chi connectivity index (χ4v) is 4.45. The van der Waals surface area contributed by atoms with E-state index in [2.05, 4.69) is 36.1 Å². The Morgan fingerprint density at radius 2 is 1.85 bits per heavy atom. The summed E-state index contributed by atoms with van der Waals surface area (Å²) in [5.41, 5.74) is 2.73. The third-order valence-electron chi connectivity index (χ3n) is 5.37. The third kappa shape index (κ3) is 3.86. The van der Waals surface area contributed by atoms with Gasteiger partial charge < -0.3 is 4.90 Å². The molecule has 0 unspecified atom stereocenters. The van der Waals surface area contributed by atoms with Gasteiger partial charge in [-0.1, -0.05) is 35.9 Å². The molecule has 0 amide bonds. The molecule has 0 fully saturated rings. The molecule has 3 aromatic heterocycles. The lowest BCUT2D eigenvalue weighted by atomic mass is 10.1. The van der Waals surface area contributed by atoms with E-state index >= 15 is 0 Å². The number of aromatic amines is 1. The first kappa shape index (κ1) is 22.5. The minimum atomic E-state index is -4.50. The second-order valence-corrected chi connectivity index (χ2v) is 8.56. The number of fused-ring (bicyclic) bond motifs is 2. The van der Waals surface area contributed by atoms with E-state index in [0.717, 1.165) is 28.6 Å². The van der Waals surface area contributed by atoms with E-state index in [9.17, 15) is 13.2 Å². The fourth-order valence-electron chi connectivity index (χ4n) is 3.79. The average Bonchev–Trinajstić information content (AvgIpc) is 3.20. The summed E-state index contributed by atoms with van der Waals surface area (Å²) >= 11 is 9.70. The van der Waals surface area contributed by atoms with Crippen molar-refractivity contribution in [2.45, 2.75) is 13.1 Å². The number of para-hydroxylation sites is 1. The fraction of sp³-hybridized carbons (Fsp3) is 0.130. The van der Waals surface area contributed by atoms with Crippen molar-refractivity contribution in [1.82, 2.24) is 25.1 Å². The Morgan fingerprint density at radius 1 is 1.06 bits per heavy atom. The van der Waals surface area contributed by atoms with Crippen molar-refractivity contribution in [2.24, 2.45) is 0 Å². The Labute approximate surface area is 204 Å². The van der Waals surface area contributed by atoms with E-state index < -0.39 is 11.7 Å². The molecule has 0 radical (unpaired) electrons. The second-order valence-electron chi connectivity index (χ2n) is 7.40. The van der Waals surface area contributed by atoms with Gasteiger partial charge >= 0.3 is 6.18 Å². The lowest BCUT2D eigenvalue weighted by Gasteiger charge is -2.23. The topological polar surface area (TPSA) is 70.6 Å². The van der Waals surface area contributed by atoms with E-state index in [1.54, 1.807) is 11.1 Å². The van der Waals surface area contributed by atoms with Crippen LogP contribution in [0.1, 0.15) is 12.5 Å². The van der Waals surface area contributed by atoms with Crippen molar-refractivity contribution in [3.05, 3.63) is 69.9 Å². The van der Waals surface area contributed by atoms with Crippen molar-refractivity contribution in [2.75, 3.05) is 11.4 Å². The molecule has 5 aromatic rings. The Balaban J connectivity index is 1.73. The molecule has 3 heterocycles. The molecule has 0 aliphatic carbocycles. The number of hydrogen-bond acceptors (Lipinski definition) is 5. The highest BCUT2D eigenvalue weighted by Crippen LogP contribution is 2.39. The molecule has 0 atom stereocenters. The number of anilines is 2. The zero-order valence-corrected chi connectivity index (χ0v) is 19.9. The molecule has 11 heteroatoms. The van der Waals surface area contributed by atoms with Crippen molar-refractivity contribution < 1.29 is 13.2 Å². The minimum absolute atomic E-state index is 0.0555. The summed E-state index contributed by atoms with van der Waals surface area (Å²) in [6.07, 6.45) is -2.79. The van der Waals surface area contributed by atoms with E-state index in [1.807, 2.05) is 37.3 Å². The zero-order chi connectivity index (χ0) is 24.0. The summed E-state index contributed by atoms with van der Waals surface area (Å²) in [5, 5.41) is 8.06. The molecule has 0 aliphatic rings. The zero-order valence-electron chi connectivity index (χ0n) is 17.5. The maximum Gasteiger partial charge on any atom is 0.416 e. The maximum absolute atomic E-state index is 13.1. The van der Waals surface area contributed by atoms with Gasteiger partial charge in [-0.05, 0) is 47.1 Å². The summed E-state index contributed by atoms with van der Waals surface area (Å²) in [6, 6.07) is 12.8. The molecule has 0 spiro atoms. The average molecular weight is 548 g/mol. The lowest BCUT2D eigenvalue weighted by molar-refractivity contribution is -0.137. The van der Waals surface area contributed by atoms with E-state index in [4.69, 9.17) is 16.6 Å². The number of alkyl halides is 3. The molecule has 1 N–H and O–H groups in total. The molecular formula is C23H15BrClF3N6. The SMILES string of the molecule is CCN(c1nc(-c2cccc3cccnc23)c2[nH]nc(Br)c2n1)c1ccc(C(F)(F)F)cc1Cl. The molecule has 0 bridgehead atoms. The van der Waals surface area contributed by atoms with Crippen LogP contribution in [0.4, 0.5) is 24.8 Å². The van der Waals surface area contributed by atoms with Crippen LogP contribution in [0.3, 0.4) is 0 Å². The standard InChI is InChI=1S/C23H15BrClF3N6/c1-2-34(16-9-8-13(11-15(16)25)23(26,27)28)22-30-18(19-20(31-22)21(24)33-32-19)14-7-3-5-12-6-4-10-29-17(12)14/h3-11H,2H2,1H3,(H,32,33). The quantitative estimate of drug-likeness (QED) is 0.258. The highest BCUT2D eigenvalue weighted by Gasteiger charge is 2.31. The molecular weight excluding hydrogens is 533 g/mol. The first-order valence-corrected chi connectivity index (χ1v) is 11.3. The van der Waals surface area contributed by atoms with Crippen LogP contribution in [0.5, 0.6) is 0 Å². The third-order valence-corrected chi connectivity index (χ3v) is 6.23. The summed E-state index contributed by atoms with van der Waals surface area (Å²) in [4.78, 5) is 15.6. The number of nitrogens with one attached hydrogen (secondary N) is 1. The molecule has 172 valence electrons. The van der Waals surface area contributed by atoms with Crippen molar-refractivity contribution in [3.8, 4) is 11.3 Å². The van der Waals surface area contributed by atoms with Gasteiger partial charge in [0.2, 0.25) is 5.95 Å². The number of benzene rings is 2. The van der Waals surface area contributed by atoms with Crippen molar-refractivity contribution in [1.29, 1.82) is 0 Å². The monoisotopic (exact) mass is 546 g/mol. The molecule has 0 saturated carbocycles. The van der Waals surface area contributed by atoms with Gasteiger partial charge in [0.25, 0.3) is 0 Å². The highest BCUT2D eigenvalue weighted by molar-refractivity contribution is 9.10. The predicted molar refractivity (Wildman–Crippen MR) is 129 cm³/mol. The number of nitrogens with zero attached hydrogens (tertiary/aromatic N) is 5. The maximum atomic E-state index is 13.1. The lowest BCUT2D eigenvalue weighted by Crippen LogP contribution is -2.20. The summed E-state index contributed by atoms with van der Waals surface area (Å²) < 4.78 is 39.9. The van der Waals surface area contributed by atoms with Gasteiger partial charge in [0.05, 0.1) is 21.8 Å². The van der Waals surface area contributed by atoms with Crippen LogP contribution in [0.15, 0.2) is 59.3 Å². The van der Waals surface area contributed by atoms with E-state index in [0.29, 0.717) is 33.6 Å². The van der Waals surface area contributed by atoms with Crippen LogP contribution in [0.2, 0.25) is 5.02 Å². The smallest absolute Gasteiger partial charge is 0.309 e. The molecule has 5 rings (SSSR count). The second kappa shape index (κ2) is 8.52. The normalized spacial score (nSPS) is 11.9. The molecule has 2 aromatic carbocycles. The number of rotatable bonds is 4. The van der Waals surface area contributed by atoms with E-state index in [-0.39, 0.29) is 11.0 Å². The summed E-state index contributed by atoms with van der Waals surface area (Å²) in [6.45, 7) is 2.20. The van der Waals surface area contributed by atoms with Gasteiger partial charge in [0, 0.05) is 23.7 Å². The number of pyridine rings is 1. The Hall–Kier alpha value is -3.24.